The van der Waals surface area contributed by atoms with Crippen molar-refractivity contribution in [2.75, 3.05) is 32.8 Å². The number of piperidine rings is 1. The lowest BCUT2D eigenvalue weighted by atomic mass is 9.94. The molecule has 0 spiro atoms. The summed E-state index contributed by atoms with van der Waals surface area (Å²) in [7, 11) is 0. The highest BCUT2D eigenvalue weighted by Crippen LogP contribution is 2.24. The Morgan fingerprint density at radius 2 is 2.32 bits per heavy atom. The number of halogens is 1. The Morgan fingerprint density at radius 3 is 3.16 bits per heavy atom. The van der Waals surface area contributed by atoms with E-state index in [0.29, 0.717) is 6.04 Å². The number of fused-ring (bicyclic) bond motifs is 1. The molecule has 0 unspecified atom stereocenters. The van der Waals surface area contributed by atoms with E-state index in [-0.39, 0.29) is 0 Å². The van der Waals surface area contributed by atoms with Crippen LogP contribution in [-0.4, -0.2) is 43.7 Å². The fourth-order valence-corrected chi connectivity index (χ4v) is 3.35. The van der Waals surface area contributed by atoms with Crippen molar-refractivity contribution >= 4 is 11.6 Å². The summed E-state index contributed by atoms with van der Waals surface area (Å²) in [5, 5.41) is 4.36. The largest absolute Gasteiger partial charge is 0.492 e. The van der Waals surface area contributed by atoms with Crippen molar-refractivity contribution in [3.8, 4) is 5.75 Å². The van der Waals surface area contributed by atoms with Crippen LogP contribution in [0.3, 0.4) is 0 Å². The van der Waals surface area contributed by atoms with Gasteiger partial charge in [-0.05, 0) is 43.5 Å². The molecule has 2 heterocycles. The van der Waals surface area contributed by atoms with E-state index in [9.17, 15) is 0 Å². The molecule has 0 aliphatic carbocycles. The quantitative estimate of drug-likeness (QED) is 0.917. The second-order valence-corrected chi connectivity index (χ2v) is 5.96. The monoisotopic (exact) mass is 280 g/mol. The van der Waals surface area contributed by atoms with Gasteiger partial charge >= 0.3 is 0 Å². The van der Waals surface area contributed by atoms with Crippen LogP contribution >= 0.6 is 11.6 Å². The Morgan fingerprint density at radius 1 is 1.37 bits per heavy atom. The summed E-state index contributed by atoms with van der Waals surface area (Å²) in [6, 6.07) is 8.32. The van der Waals surface area contributed by atoms with Crippen LogP contribution in [0.2, 0.25) is 5.02 Å². The van der Waals surface area contributed by atoms with Gasteiger partial charge in [-0.25, -0.2) is 0 Å². The Bertz CT molecular complexity index is 412. The van der Waals surface area contributed by atoms with Crippen LogP contribution in [0, 0.1) is 5.92 Å². The second kappa shape index (κ2) is 6.12. The van der Waals surface area contributed by atoms with Gasteiger partial charge in [-0.1, -0.05) is 17.7 Å². The molecule has 4 heteroatoms. The van der Waals surface area contributed by atoms with Crippen LogP contribution in [0.25, 0.3) is 0 Å². The van der Waals surface area contributed by atoms with Gasteiger partial charge in [0.15, 0.2) is 0 Å². The van der Waals surface area contributed by atoms with E-state index >= 15 is 0 Å². The number of hydrogen-bond acceptors (Lipinski definition) is 3. The molecule has 2 saturated heterocycles. The zero-order valence-corrected chi connectivity index (χ0v) is 11.9. The highest BCUT2D eigenvalue weighted by molar-refractivity contribution is 6.30. The van der Waals surface area contributed by atoms with Crippen LogP contribution in [0.15, 0.2) is 24.3 Å². The van der Waals surface area contributed by atoms with Gasteiger partial charge in [0.1, 0.15) is 12.4 Å². The lowest BCUT2D eigenvalue weighted by Crippen LogP contribution is -2.40. The number of likely N-dealkylation sites (tertiary alicyclic amines) is 1. The van der Waals surface area contributed by atoms with Crippen LogP contribution in [0.5, 0.6) is 5.75 Å². The van der Waals surface area contributed by atoms with E-state index < -0.39 is 0 Å². The second-order valence-electron chi connectivity index (χ2n) is 5.53. The number of nitrogens with one attached hydrogen (secondary N) is 1. The van der Waals surface area contributed by atoms with Gasteiger partial charge < -0.3 is 10.1 Å². The number of ether oxygens (including phenoxy) is 1. The third kappa shape index (κ3) is 3.41. The molecule has 0 saturated carbocycles. The Kier molecular flexibility index (Phi) is 4.26. The maximum absolute atomic E-state index is 5.93. The molecule has 3 nitrogen and oxygen atoms in total. The third-order valence-corrected chi connectivity index (χ3v) is 4.38. The minimum atomic E-state index is 0.708. The standard InChI is InChI=1S/C15H21ClN2O/c16-13-4-1-5-14(9-13)19-8-7-18-10-12-3-2-6-17-15(12)11-18/h1,4-5,9,12,15,17H,2-3,6-8,10-11H2/t12-,15+/m0/s1. The molecule has 0 amide bonds. The van der Waals surface area contributed by atoms with Gasteiger partial charge in [0, 0.05) is 30.7 Å². The molecular weight excluding hydrogens is 260 g/mol. The van der Waals surface area contributed by atoms with Gasteiger partial charge in [-0.2, -0.15) is 0 Å². The van der Waals surface area contributed by atoms with E-state index in [1.807, 2.05) is 24.3 Å². The lowest BCUT2D eigenvalue weighted by Gasteiger charge is -2.24. The van der Waals surface area contributed by atoms with Gasteiger partial charge in [-0.3, -0.25) is 4.90 Å². The SMILES string of the molecule is Clc1cccc(OCCN2C[C@@H]3CCCN[C@@H]3C2)c1. The fourth-order valence-electron chi connectivity index (χ4n) is 3.17. The summed E-state index contributed by atoms with van der Waals surface area (Å²) in [6.07, 6.45) is 2.71. The average molecular weight is 281 g/mol. The van der Waals surface area contributed by atoms with Crippen molar-refractivity contribution in [3.05, 3.63) is 29.3 Å². The topological polar surface area (TPSA) is 24.5 Å². The number of benzene rings is 1. The minimum absolute atomic E-state index is 0.708. The van der Waals surface area contributed by atoms with Crippen molar-refractivity contribution < 1.29 is 4.74 Å². The number of rotatable bonds is 4. The van der Waals surface area contributed by atoms with Crippen LogP contribution < -0.4 is 10.1 Å². The van der Waals surface area contributed by atoms with E-state index in [4.69, 9.17) is 16.3 Å². The summed E-state index contributed by atoms with van der Waals surface area (Å²) in [4.78, 5) is 2.51. The summed E-state index contributed by atoms with van der Waals surface area (Å²) in [6.45, 7) is 5.31. The van der Waals surface area contributed by atoms with Crippen LogP contribution in [0.1, 0.15) is 12.8 Å². The summed E-state index contributed by atoms with van der Waals surface area (Å²) in [5.74, 6) is 1.71. The van der Waals surface area contributed by atoms with Crippen molar-refractivity contribution in [3.63, 3.8) is 0 Å². The molecule has 1 aromatic rings. The molecule has 2 aliphatic heterocycles. The highest BCUT2D eigenvalue weighted by Gasteiger charge is 2.33. The predicted molar refractivity (Wildman–Crippen MR) is 77.9 cm³/mol. The molecule has 3 rings (SSSR count). The van der Waals surface area contributed by atoms with E-state index in [1.54, 1.807) is 0 Å². The summed E-state index contributed by atoms with van der Waals surface area (Å²) >= 11 is 5.93. The number of hydrogen-bond donors (Lipinski definition) is 1. The van der Waals surface area contributed by atoms with Crippen molar-refractivity contribution in [2.45, 2.75) is 18.9 Å². The molecule has 2 atom stereocenters. The van der Waals surface area contributed by atoms with Gasteiger partial charge in [0.25, 0.3) is 0 Å². The lowest BCUT2D eigenvalue weighted by molar-refractivity contribution is 0.232. The zero-order valence-electron chi connectivity index (χ0n) is 11.1. The molecule has 104 valence electrons. The van der Waals surface area contributed by atoms with Crippen LogP contribution in [-0.2, 0) is 0 Å². The molecular formula is C15H21ClN2O. The Balaban J connectivity index is 1.43. The minimum Gasteiger partial charge on any atom is -0.492 e. The van der Waals surface area contributed by atoms with E-state index in [2.05, 4.69) is 10.2 Å². The summed E-state index contributed by atoms with van der Waals surface area (Å²) in [5.41, 5.74) is 0. The van der Waals surface area contributed by atoms with Crippen molar-refractivity contribution in [2.24, 2.45) is 5.92 Å². The predicted octanol–water partition coefficient (Wildman–Crippen LogP) is 2.40. The van der Waals surface area contributed by atoms with Crippen molar-refractivity contribution in [1.82, 2.24) is 10.2 Å². The molecule has 0 aromatic heterocycles. The maximum atomic E-state index is 5.93. The van der Waals surface area contributed by atoms with Gasteiger partial charge in [-0.15, -0.1) is 0 Å². The first-order valence-corrected chi connectivity index (χ1v) is 7.53. The number of nitrogens with zero attached hydrogens (tertiary/aromatic N) is 1. The Hall–Kier alpha value is -0.770. The highest BCUT2D eigenvalue weighted by atomic mass is 35.5. The van der Waals surface area contributed by atoms with E-state index in [1.165, 1.54) is 32.5 Å². The normalized spacial score (nSPS) is 27.2. The molecule has 1 aromatic carbocycles. The molecule has 0 bridgehead atoms. The molecule has 1 N–H and O–H groups in total. The molecule has 2 aliphatic rings. The molecule has 0 radical (unpaired) electrons. The zero-order chi connectivity index (χ0) is 13.1. The molecule has 2 fully saturated rings. The van der Waals surface area contributed by atoms with Gasteiger partial charge in [0.2, 0.25) is 0 Å². The first-order chi connectivity index (χ1) is 9.31. The third-order valence-electron chi connectivity index (χ3n) is 4.15. The first-order valence-electron chi connectivity index (χ1n) is 7.15. The maximum Gasteiger partial charge on any atom is 0.120 e. The molecule has 19 heavy (non-hydrogen) atoms. The van der Waals surface area contributed by atoms with Gasteiger partial charge in [0.05, 0.1) is 0 Å². The smallest absolute Gasteiger partial charge is 0.120 e. The van der Waals surface area contributed by atoms with Crippen molar-refractivity contribution in [1.29, 1.82) is 0 Å². The van der Waals surface area contributed by atoms with E-state index in [0.717, 1.165) is 29.8 Å². The van der Waals surface area contributed by atoms with Crippen LogP contribution in [0.4, 0.5) is 0 Å². The first kappa shape index (κ1) is 13.2. The Labute approximate surface area is 119 Å². The fraction of sp³-hybridized carbons (Fsp3) is 0.600. The summed E-state index contributed by atoms with van der Waals surface area (Å²) < 4.78 is 5.76. The average Bonchev–Trinajstić information content (AvgIpc) is 2.81.